The van der Waals surface area contributed by atoms with E-state index < -0.39 is 5.97 Å². The normalized spacial score (nSPS) is 10.0. The van der Waals surface area contributed by atoms with Crippen molar-refractivity contribution in [2.45, 2.75) is 6.92 Å². The van der Waals surface area contributed by atoms with E-state index in [1.54, 1.807) is 0 Å². The monoisotopic (exact) mass is 175 g/mol. The van der Waals surface area contributed by atoms with Crippen LogP contribution in [0, 0.1) is 0 Å². The van der Waals surface area contributed by atoms with Crippen molar-refractivity contribution in [3.8, 4) is 0 Å². The van der Waals surface area contributed by atoms with Crippen LogP contribution in [-0.2, 0) is 9.53 Å². The molecule has 0 atom stereocenters. The quantitative estimate of drug-likeness (QED) is 0.327. The molecule has 5 nitrogen and oxygen atoms in total. The molecule has 0 saturated carbocycles. The highest BCUT2D eigenvalue weighted by Crippen LogP contribution is 1.93. The standard InChI is InChI=1S/C7H13NO4/c1-6(2)7(11)12-5-8(3-9)4-10/h9-10H,1,3-5H2,2H3. The van der Waals surface area contributed by atoms with E-state index in [4.69, 9.17) is 10.2 Å². The Balaban J connectivity index is 3.66. The van der Waals surface area contributed by atoms with Crippen molar-refractivity contribution < 1.29 is 19.7 Å². The smallest absolute Gasteiger partial charge is 0.334 e. The zero-order chi connectivity index (χ0) is 9.56. The lowest BCUT2D eigenvalue weighted by molar-refractivity contribution is -0.148. The van der Waals surface area contributed by atoms with Gasteiger partial charge in [0, 0.05) is 5.57 Å². The molecule has 0 aliphatic rings. The summed E-state index contributed by atoms with van der Waals surface area (Å²) in [5, 5.41) is 17.1. The fraction of sp³-hybridized carbons (Fsp3) is 0.571. The van der Waals surface area contributed by atoms with Crippen molar-refractivity contribution in [2.24, 2.45) is 0 Å². The molecule has 2 N–H and O–H groups in total. The van der Waals surface area contributed by atoms with Gasteiger partial charge in [-0.15, -0.1) is 0 Å². The highest BCUT2D eigenvalue weighted by Gasteiger charge is 2.06. The first-order valence-corrected chi connectivity index (χ1v) is 3.38. The Kier molecular flexibility index (Phi) is 5.27. The second-order valence-electron chi connectivity index (χ2n) is 2.29. The van der Waals surface area contributed by atoms with Gasteiger partial charge in [0.1, 0.15) is 20.2 Å². The molecule has 0 bridgehead atoms. The zero-order valence-electron chi connectivity index (χ0n) is 6.99. The van der Waals surface area contributed by atoms with Gasteiger partial charge in [-0.2, -0.15) is 0 Å². The first kappa shape index (κ1) is 11.1. The Morgan fingerprint density at radius 1 is 1.50 bits per heavy atom. The minimum Gasteiger partial charge on any atom is -0.446 e. The summed E-state index contributed by atoms with van der Waals surface area (Å²) in [7, 11) is 0. The lowest BCUT2D eigenvalue weighted by atomic mass is 10.4. The molecule has 0 aliphatic heterocycles. The van der Waals surface area contributed by atoms with Gasteiger partial charge in [-0.25, -0.2) is 9.69 Å². The largest absolute Gasteiger partial charge is 0.446 e. The lowest BCUT2D eigenvalue weighted by Gasteiger charge is -2.15. The van der Waals surface area contributed by atoms with Crippen LogP contribution in [0.5, 0.6) is 0 Å². The third-order valence-electron chi connectivity index (χ3n) is 1.13. The Hall–Kier alpha value is -0.910. The van der Waals surface area contributed by atoms with Crippen LogP contribution in [0.3, 0.4) is 0 Å². The predicted octanol–water partition coefficient (Wildman–Crippen LogP) is -0.735. The molecule has 0 aromatic carbocycles. The zero-order valence-corrected chi connectivity index (χ0v) is 6.99. The van der Waals surface area contributed by atoms with E-state index in [0.717, 1.165) is 4.90 Å². The van der Waals surface area contributed by atoms with Crippen LogP contribution < -0.4 is 0 Å². The first-order valence-electron chi connectivity index (χ1n) is 3.38. The highest BCUT2D eigenvalue weighted by molar-refractivity contribution is 5.86. The number of hydrogen-bond donors (Lipinski definition) is 2. The van der Waals surface area contributed by atoms with Crippen molar-refractivity contribution in [1.82, 2.24) is 4.90 Å². The molecule has 5 heteroatoms. The summed E-state index contributed by atoms with van der Waals surface area (Å²) in [5.74, 6) is -0.540. The fourth-order valence-electron chi connectivity index (χ4n) is 0.399. The van der Waals surface area contributed by atoms with Gasteiger partial charge in [0.05, 0.1) is 0 Å². The molecule has 0 saturated heterocycles. The lowest BCUT2D eigenvalue weighted by Crippen LogP contribution is -2.29. The second kappa shape index (κ2) is 5.70. The minimum absolute atomic E-state index is 0.140. The maximum absolute atomic E-state index is 10.8. The van der Waals surface area contributed by atoms with E-state index in [0.29, 0.717) is 0 Å². The van der Waals surface area contributed by atoms with E-state index in [2.05, 4.69) is 11.3 Å². The van der Waals surface area contributed by atoms with E-state index >= 15 is 0 Å². The number of carbonyl (C=O) groups is 1. The van der Waals surface area contributed by atoms with Crippen molar-refractivity contribution >= 4 is 5.97 Å². The molecule has 0 aromatic heterocycles. The molecule has 0 rings (SSSR count). The Labute approximate surface area is 70.9 Å². The molecular weight excluding hydrogens is 162 g/mol. The van der Waals surface area contributed by atoms with Crippen molar-refractivity contribution in [2.75, 3.05) is 20.2 Å². The van der Waals surface area contributed by atoms with Crippen molar-refractivity contribution in [3.63, 3.8) is 0 Å². The number of ether oxygens (including phenoxy) is 1. The first-order chi connectivity index (χ1) is 5.61. The van der Waals surface area contributed by atoms with Crippen molar-refractivity contribution in [1.29, 1.82) is 0 Å². The minimum atomic E-state index is -0.540. The molecule has 12 heavy (non-hydrogen) atoms. The molecule has 0 heterocycles. The summed E-state index contributed by atoms with van der Waals surface area (Å²) in [6, 6.07) is 0. The summed E-state index contributed by atoms with van der Waals surface area (Å²) in [5.41, 5.74) is 0.283. The maximum atomic E-state index is 10.8. The van der Waals surface area contributed by atoms with Gasteiger partial charge >= 0.3 is 5.97 Å². The van der Waals surface area contributed by atoms with E-state index in [1.165, 1.54) is 6.92 Å². The molecule has 0 aliphatic carbocycles. The second-order valence-corrected chi connectivity index (χ2v) is 2.29. The third-order valence-corrected chi connectivity index (χ3v) is 1.13. The number of aliphatic hydroxyl groups excluding tert-OH is 2. The number of carbonyl (C=O) groups excluding carboxylic acids is 1. The Morgan fingerprint density at radius 2 is 2.00 bits per heavy atom. The van der Waals surface area contributed by atoms with Gasteiger partial charge < -0.3 is 14.9 Å². The number of nitrogens with zero attached hydrogens (tertiary/aromatic N) is 1. The van der Waals surface area contributed by atoms with Crippen LogP contribution in [0.2, 0.25) is 0 Å². The summed E-state index contributed by atoms with van der Waals surface area (Å²) < 4.78 is 4.61. The van der Waals surface area contributed by atoms with Crippen LogP contribution in [0.15, 0.2) is 12.2 Å². The van der Waals surface area contributed by atoms with Gasteiger partial charge in [0.25, 0.3) is 0 Å². The summed E-state index contributed by atoms with van der Waals surface area (Å²) in [6.07, 6.45) is 0. The Bertz CT molecular complexity index is 165. The molecule has 70 valence electrons. The number of esters is 1. The summed E-state index contributed by atoms with van der Waals surface area (Å²) >= 11 is 0. The molecule has 0 radical (unpaired) electrons. The third kappa shape index (κ3) is 4.07. The maximum Gasteiger partial charge on any atom is 0.334 e. The number of hydrogen-bond acceptors (Lipinski definition) is 5. The number of aliphatic hydroxyl groups is 2. The van der Waals surface area contributed by atoms with Gasteiger partial charge in [-0.05, 0) is 6.92 Å². The van der Waals surface area contributed by atoms with E-state index in [-0.39, 0.29) is 25.8 Å². The van der Waals surface area contributed by atoms with Crippen molar-refractivity contribution in [3.05, 3.63) is 12.2 Å². The van der Waals surface area contributed by atoms with Crippen LogP contribution >= 0.6 is 0 Å². The van der Waals surface area contributed by atoms with Gasteiger partial charge in [-0.3, -0.25) is 0 Å². The van der Waals surface area contributed by atoms with Gasteiger partial charge in [-0.1, -0.05) is 6.58 Å². The van der Waals surface area contributed by atoms with Crippen LogP contribution in [0.25, 0.3) is 0 Å². The van der Waals surface area contributed by atoms with Crippen LogP contribution in [-0.4, -0.2) is 41.3 Å². The van der Waals surface area contributed by atoms with Crippen LogP contribution in [0.4, 0.5) is 0 Å². The predicted molar refractivity (Wildman–Crippen MR) is 41.8 cm³/mol. The fourth-order valence-corrected chi connectivity index (χ4v) is 0.399. The topological polar surface area (TPSA) is 70.0 Å². The average Bonchev–Trinajstić information content (AvgIpc) is 2.05. The highest BCUT2D eigenvalue weighted by atomic mass is 16.5. The molecule has 0 amide bonds. The Morgan fingerprint density at radius 3 is 2.33 bits per heavy atom. The molecule has 0 fully saturated rings. The molecular formula is C7H13NO4. The summed E-state index contributed by atoms with van der Waals surface area (Å²) in [6.45, 7) is 4.02. The van der Waals surface area contributed by atoms with Gasteiger partial charge in [0.15, 0.2) is 0 Å². The van der Waals surface area contributed by atoms with E-state index in [9.17, 15) is 4.79 Å². The van der Waals surface area contributed by atoms with Gasteiger partial charge in [0.2, 0.25) is 0 Å². The number of rotatable bonds is 5. The molecule has 0 unspecified atom stereocenters. The molecule has 0 spiro atoms. The SMILES string of the molecule is C=C(C)C(=O)OCN(CO)CO. The molecule has 0 aromatic rings. The average molecular weight is 175 g/mol. The van der Waals surface area contributed by atoms with E-state index in [1.807, 2.05) is 0 Å². The van der Waals surface area contributed by atoms with Crippen LogP contribution in [0.1, 0.15) is 6.92 Å². The summed E-state index contributed by atoms with van der Waals surface area (Å²) in [4.78, 5) is 11.9.